The maximum Gasteiger partial charge on any atom is 0.407 e. The van der Waals surface area contributed by atoms with Gasteiger partial charge in [0.05, 0.1) is 25.8 Å². The van der Waals surface area contributed by atoms with Crippen LogP contribution in [-0.2, 0) is 11.5 Å². The molecule has 0 bridgehead atoms. The second kappa shape index (κ2) is 14.7. The molecule has 14 heteroatoms. The summed E-state index contributed by atoms with van der Waals surface area (Å²) in [5.41, 5.74) is 1.97. The van der Waals surface area contributed by atoms with Crippen LogP contribution in [0.5, 0.6) is 11.6 Å². The zero-order chi connectivity index (χ0) is 33.6. The first-order valence-corrected chi connectivity index (χ1v) is 19.3. The Morgan fingerprint density at radius 1 is 1.11 bits per heavy atom. The molecule has 1 fully saturated rings. The van der Waals surface area contributed by atoms with Gasteiger partial charge < -0.3 is 34.1 Å². The van der Waals surface area contributed by atoms with Crippen LogP contribution in [0.4, 0.5) is 15.4 Å². The monoisotopic (exact) mass is 655 g/mol. The number of pyridine rings is 2. The van der Waals surface area contributed by atoms with Crippen molar-refractivity contribution in [1.29, 1.82) is 0 Å². The molecular weight excluding hydrogens is 606 g/mol. The zero-order valence-corrected chi connectivity index (χ0v) is 29.3. The van der Waals surface area contributed by atoms with E-state index in [0.717, 1.165) is 17.0 Å². The smallest absolute Gasteiger partial charge is 0.407 e. The molecule has 3 amide bonds. The van der Waals surface area contributed by atoms with E-state index in [9.17, 15) is 14.7 Å². The lowest BCUT2D eigenvalue weighted by atomic mass is 9.84. The third-order valence-electron chi connectivity index (χ3n) is 8.17. The number of carbonyl (C=O) groups is 2. The first kappa shape index (κ1) is 35.0. The van der Waals surface area contributed by atoms with E-state index in [1.54, 1.807) is 32.5 Å². The lowest BCUT2D eigenvalue weighted by molar-refractivity contribution is 0.0224. The molecular formula is C32H49N7O6Si. The fourth-order valence-electron chi connectivity index (χ4n) is 5.57. The summed E-state index contributed by atoms with van der Waals surface area (Å²) in [5.74, 6) is 1.44. The number of fused-ring (bicyclic) bond motifs is 1. The Hall–Kier alpha value is -3.88. The summed E-state index contributed by atoms with van der Waals surface area (Å²) in [5, 5.41) is 16.2. The number of nitrogens with zero attached hydrogens (tertiary/aromatic N) is 5. The molecule has 3 aromatic heterocycles. The summed E-state index contributed by atoms with van der Waals surface area (Å²) in [6, 6.07) is 5.99. The SMILES string of the molecule is COc1ccnc(OC)c1-c1cn(COCC[Si](C)(C)C)c2nc(NC(=O)NCCN3CCN(C(=O)O)C(C(C)(C)C)C3)ccc12. The highest BCUT2D eigenvalue weighted by Crippen LogP contribution is 2.41. The average Bonchev–Trinajstić information content (AvgIpc) is 3.34. The number of carbonyl (C=O) groups excluding carboxylic acids is 1. The minimum absolute atomic E-state index is 0.129. The Balaban J connectivity index is 1.48. The quantitative estimate of drug-likeness (QED) is 0.176. The van der Waals surface area contributed by atoms with Crippen molar-refractivity contribution < 1.29 is 28.9 Å². The van der Waals surface area contributed by atoms with Crippen molar-refractivity contribution in [1.82, 2.24) is 29.7 Å². The van der Waals surface area contributed by atoms with E-state index in [1.165, 1.54) is 4.90 Å². The Bertz CT molecular complexity index is 1490. The number of hydrogen-bond donors (Lipinski definition) is 3. The molecule has 46 heavy (non-hydrogen) atoms. The van der Waals surface area contributed by atoms with Gasteiger partial charge in [0.15, 0.2) is 0 Å². The molecule has 1 atom stereocenters. The number of hydrogen-bond acceptors (Lipinski definition) is 8. The van der Waals surface area contributed by atoms with Crippen molar-refractivity contribution in [3.63, 3.8) is 0 Å². The highest BCUT2D eigenvalue weighted by atomic mass is 28.3. The van der Waals surface area contributed by atoms with Gasteiger partial charge in [-0.25, -0.2) is 19.6 Å². The highest BCUT2D eigenvalue weighted by Gasteiger charge is 2.37. The van der Waals surface area contributed by atoms with Crippen LogP contribution in [0.3, 0.4) is 0 Å². The fraction of sp³-hybridized carbons (Fsp3) is 0.562. The van der Waals surface area contributed by atoms with E-state index in [1.807, 2.05) is 16.8 Å². The number of carboxylic acid groups (broad SMARTS) is 1. The maximum atomic E-state index is 12.9. The van der Waals surface area contributed by atoms with Crippen molar-refractivity contribution in [3.8, 4) is 22.8 Å². The molecule has 3 N–H and O–H groups in total. The lowest BCUT2D eigenvalue weighted by Gasteiger charge is -2.46. The molecule has 0 aromatic carbocycles. The first-order valence-electron chi connectivity index (χ1n) is 15.6. The molecule has 0 saturated carbocycles. The van der Waals surface area contributed by atoms with Crippen molar-refractivity contribution in [3.05, 3.63) is 30.6 Å². The minimum Gasteiger partial charge on any atom is -0.496 e. The topological polar surface area (TPSA) is 143 Å². The molecule has 0 aliphatic carbocycles. The first-order chi connectivity index (χ1) is 21.7. The van der Waals surface area contributed by atoms with Crippen molar-refractivity contribution in [2.75, 3.05) is 58.9 Å². The number of rotatable bonds is 12. The molecule has 0 radical (unpaired) electrons. The predicted octanol–water partition coefficient (Wildman–Crippen LogP) is 5.26. The molecule has 1 aliphatic rings. The van der Waals surface area contributed by atoms with Crippen molar-refractivity contribution in [2.24, 2.45) is 5.41 Å². The van der Waals surface area contributed by atoms with E-state index < -0.39 is 14.2 Å². The highest BCUT2D eigenvalue weighted by molar-refractivity contribution is 6.76. The largest absolute Gasteiger partial charge is 0.496 e. The van der Waals surface area contributed by atoms with Crippen molar-refractivity contribution >= 4 is 37.0 Å². The second-order valence-electron chi connectivity index (χ2n) is 13.9. The number of anilines is 1. The Morgan fingerprint density at radius 2 is 1.87 bits per heavy atom. The average molecular weight is 656 g/mol. The summed E-state index contributed by atoms with van der Waals surface area (Å²) < 4.78 is 19.3. The van der Waals surface area contributed by atoms with Gasteiger partial charge >= 0.3 is 12.1 Å². The van der Waals surface area contributed by atoms with Gasteiger partial charge in [0, 0.05) is 70.7 Å². The summed E-state index contributed by atoms with van der Waals surface area (Å²) in [4.78, 5) is 37.6. The van der Waals surface area contributed by atoms with E-state index in [4.69, 9.17) is 19.2 Å². The third kappa shape index (κ3) is 8.68. The number of methoxy groups -OCH3 is 2. The van der Waals surface area contributed by atoms with Crippen LogP contribution in [0.1, 0.15) is 20.8 Å². The Labute approximate surface area is 272 Å². The Kier molecular flexibility index (Phi) is 11.2. The molecule has 0 spiro atoms. The summed E-state index contributed by atoms with van der Waals surface area (Å²) >= 11 is 0. The third-order valence-corrected chi connectivity index (χ3v) is 9.88. The maximum absolute atomic E-state index is 12.9. The lowest BCUT2D eigenvalue weighted by Crippen LogP contribution is -2.60. The van der Waals surface area contributed by atoms with Gasteiger partial charge in [0.2, 0.25) is 5.88 Å². The van der Waals surface area contributed by atoms with Crippen LogP contribution in [0.15, 0.2) is 30.6 Å². The minimum atomic E-state index is -1.27. The van der Waals surface area contributed by atoms with Crippen LogP contribution in [0, 0.1) is 5.41 Å². The predicted molar refractivity (Wildman–Crippen MR) is 182 cm³/mol. The Morgan fingerprint density at radius 3 is 2.52 bits per heavy atom. The zero-order valence-electron chi connectivity index (χ0n) is 28.3. The molecule has 252 valence electrons. The van der Waals surface area contributed by atoms with Gasteiger partial charge in [-0.15, -0.1) is 0 Å². The second-order valence-corrected chi connectivity index (χ2v) is 19.5. The van der Waals surface area contributed by atoms with Gasteiger partial charge in [-0.2, -0.15) is 0 Å². The van der Waals surface area contributed by atoms with Gasteiger partial charge in [-0.05, 0) is 29.7 Å². The van der Waals surface area contributed by atoms with Gasteiger partial charge in [-0.1, -0.05) is 40.4 Å². The molecule has 1 aliphatic heterocycles. The van der Waals surface area contributed by atoms with E-state index in [-0.39, 0.29) is 17.5 Å². The van der Waals surface area contributed by atoms with E-state index in [2.05, 4.69) is 60.9 Å². The summed E-state index contributed by atoms with van der Waals surface area (Å²) in [6.07, 6.45) is 2.70. The van der Waals surface area contributed by atoms with E-state index in [0.29, 0.717) is 74.7 Å². The van der Waals surface area contributed by atoms with Crippen molar-refractivity contribution in [2.45, 2.75) is 59.2 Å². The number of ether oxygens (including phenoxy) is 3. The van der Waals surface area contributed by atoms with Crippen LogP contribution in [0.2, 0.25) is 25.7 Å². The van der Waals surface area contributed by atoms with E-state index >= 15 is 0 Å². The van der Waals surface area contributed by atoms with Crippen LogP contribution >= 0.6 is 0 Å². The van der Waals surface area contributed by atoms with Gasteiger partial charge in [0.1, 0.15) is 23.9 Å². The van der Waals surface area contributed by atoms with Gasteiger partial charge in [0.25, 0.3) is 0 Å². The standard InChI is InChI=1S/C32H49N7O6Si/c1-32(2,3)25-20-37(15-16-39(25)31(41)42)14-13-34-30(40)36-26-10-9-22-23(27-24(43-4)11-12-33-29(27)44-5)19-38(28(22)35-26)21-45-17-18-46(6,7)8/h9-12,19,25H,13-18,20-21H2,1-8H3,(H,41,42)(H2,34,35,36,40). The van der Waals surface area contributed by atoms with Gasteiger partial charge in [-0.3, -0.25) is 10.2 Å². The number of nitrogens with one attached hydrogen (secondary N) is 2. The number of urea groups is 1. The molecule has 1 unspecified atom stereocenters. The molecule has 4 heterocycles. The van der Waals surface area contributed by atoms with Crippen LogP contribution < -0.4 is 20.1 Å². The van der Waals surface area contributed by atoms with Crippen LogP contribution in [-0.4, -0.2) is 109 Å². The molecule has 4 rings (SSSR count). The summed E-state index contributed by atoms with van der Waals surface area (Å²) in [7, 11) is 1.91. The summed E-state index contributed by atoms with van der Waals surface area (Å²) in [6.45, 7) is 16.7. The number of piperazine rings is 1. The number of aromatic nitrogens is 3. The molecule has 1 saturated heterocycles. The van der Waals surface area contributed by atoms with Crippen LogP contribution in [0.25, 0.3) is 22.2 Å². The molecule has 13 nitrogen and oxygen atoms in total. The number of amides is 3. The normalized spacial score (nSPS) is 16.0. The fourth-order valence-corrected chi connectivity index (χ4v) is 6.33. The molecule has 3 aromatic rings.